The van der Waals surface area contributed by atoms with Crippen molar-refractivity contribution in [1.82, 2.24) is 0 Å². The summed E-state index contributed by atoms with van der Waals surface area (Å²) in [5.41, 5.74) is 8.50. The molecule has 1 heterocycles. The fourth-order valence-electron chi connectivity index (χ4n) is 2.57. The second-order valence-corrected chi connectivity index (χ2v) is 5.67. The van der Waals surface area contributed by atoms with E-state index in [0.29, 0.717) is 0 Å². The van der Waals surface area contributed by atoms with E-state index in [-0.39, 0.29) is 5.54 Å². The van der Waals surface area contributed by atoms with Crippen LogP contribution in [-0.4, -0.2) is 12.1 Å². The van der Waals surface area contributed by atoms with Gasteiger partial charge in [0.25, 0.3) is 0 Å². The van der Waals surface area contributed by atoms with Gasteiger partial charge in [0.15, 0.2) is 0 Å². The van der Waals surface area contributed by atoms with Gasteiger partial charge in [0.1, 0.15) is 5.75 Å². The number of rotatable bonds is 4. The topological polar surface area (TPSA) is 35.2 Å². The van der Waals surface area contributed by atoms with Crippen molar-refractivity contribution in [2.24, 2.45) is 5.73 Å². The van der Waals surface area contributed by atoms with Gasteiger partial charge in [0.2, 0.25) is 0 Å². The molecule has 0 saturated carbocycles. The Labute approximate surface area is 108 Å². The summed E-state index contributed by atoms with van der Waals surface area (Å²) in [7, 11) is 0. The second-order valence-electron chi connectivity index (χ2n) is 5.23. The molecule has 2 N–H and O–H groups in total. The molecule has 1 aromatic carbocycles. The van der Waals surface area contributed by atoms with Gasteiger partial charge in [-0.1, -0.05) is 24.9 Å². The van der Waals surface area contributed by atoms with Gasteiger partial charge in [-0.25, -0.2) is 0 Å². The van der Waals surface area contributed by atoms with Crippen molar-refractivity contribution in [2.75, 3.05) is 6.61 Å². The Morgan fingerprint density at radius 1 is 1.47 bits per heavy atom. The lowest BCUT2D eigenvalue weighted by molar-refractivity contribution is 0.346. The first-order valence-corrected chi connectivity index (χ1v) is 6.62. The smallest absolute Gasteiger partial charge is 0.125 e. The van der Waals surface area contributed by atoms with Crippen LogP contribution in [0, 0.1) is 0 Å². The highest BCUT2D eigenvalue weighted by Gasteiger charge is 2.24. The average molecular weight is 254 g/mol. The minimum absolute atomic E-state index is 0.181. The van der Waals surface area contributed by atoms with Crippen LogP contribution in [0.5, 0.6) is 5.75 Å². The van der Waals surface area contributed by atoms with E-state index < -0.39 is 0 Å². The van der Waals surface area contributed by atoms with Crippen LogP contribution in [0.25, 0.3) is 0 Å². The molecule has 2 nitrogen and oxygen atoms in total. The Balaban J connectivity index is 2.27. The fourth-order valence-corrected chi connectivity index (χ4v) is 2.84. The van der Waals surface area contributed by atoms with Crippen molar-refractivity contribution in [3.05, 3.63) is 28.3 Å². The SMILES string of the molecule is CCCC(C)(N)Cc1cc(Cl)cc2c1OCC2. The highest BCUT2D eigenvalue weighted by molar-refractivity contribution is 6.30. The predicted molar refractivity (Wildman–Crippen MR) is 71.9 cm³/mol. The van der Waals surface area contributed by atoms with Crippen LogP contribution in [0.1, 0.15) is 37.8 Å². The molecule has 94 valence electrons. The fraction of sp³-hybridized carbons (Fsp3) is 0.571. The van der Waals surface area contributed by atoms with Crippen molar-refractivity contribution in [1.29, 1.82) is 0 Å². The average Bonchev–Trinajstić information content (AvgIpc) is 2.64. The molecule has 0 radical (unpaired) electrons. The molecule has 1 atom stereocenters. The second kappa shape index (κ2) is 4.87. The third-order valence-electron chi connectivity index (χ3n) is 3.24. The number of ether oxygens (including phenoxy) is 1. The minimum atomic E-state index is -0.181. The molecule has 1 unspecified atom stereocenters. The van der Waals surface area contributed by atoms with Crippen molar-refractivity contribution in [3.8, 4) is 5.75 Å². The maximum absolute atomic E-state index is 6.30. The summed E-state index contributed by atoms with van der Waals surface area (Å²) in [5, 5.41) is 0.788. The van der Waals surface area contributed by atoms with Crippen molar-refractivity contribution >= 4 is 11.6 Å². The number of halogens is 1. The van der Waals surface area contributed by atoms with Gasteiger partial charge in [-0.05, 0) is 43.0 Å². The molecule has 0 bridgehead atoms. The third-order valence-corrected chi connectivity index (χ3v) is 3.46. The number of hydrogen-bond acceptors (Lipinski definition) is 2. The van der Waals surface area contributed by atoms with Crippen LogP contribution in [0.4, 0.5) is 0 Å². The van der Waals surface area contributed by atoms with E-state index in [0.717, 1.165) is 48.6 Å². The van der Waals surface area contributed by atoms with Gasteiger partial charge in [0, 0.05) is 17.0 Å². The summed E-state index contributed by atoms with van der Waals surface area (Å²) < 4.78 is 5.69. The number of nitrogens with two attached hydrogens (primary N) is 1. The summed E-state index contributed by atoms with van der Waals surface area (Å²) in [5.74, 6) is 1.02. The summed E-state index contributed by atoms with van der Waals surface area (Å²) in [4.78, 5) is 0. The molecule has 0 fully saturated rings. The van der Waals surface area contributed by atoms with Gasteiger partial charge < -0.3 is 10.5 Å². The van der Waals surface area contributed by atoms with E-state index in [4.69, 9.17) is 22.1 Å². The monoisotopic (exact) mass is 253 g/mol. The quantitative estimate of drug-likeness (QED) is 0.893. The summed E-state index contributed by atoms with van der Waals surface area (Å²) in [6, 6.07) is 3.99. The number of benzene rings is 1. The van der Waals surface area contributed by atoms with E-state index in [1.165, 1.54) is 5.56 Å². The Kier molecular flexibility index (Phi) is 3.64. The largest absolute Gasteiger partial charge is 0.493 e. The summed E-state index contributed by atoms with van der Waals surface area (Å²) >= 11 is 6.14. The van der Waals surface area contributed by atoms with Gasteiger partial charge in [-0.2, -0.15) is 0 Å². The lowest BCUT2D eigenvalue weighted by Crippen LogP contribution is -2.38. The molecule has 1 aliphatic heterocycles. The van der Waals surface area contributed by atoms with Crippen molar-refractivity contribution in [2.45, 2.75) is 45.1 Å². The molecule has 17 heavy (non-hydrogen) atoms. The highest BCUT2D eigenvalue weighted by atomic mass is 35.5. The third kappa shape index (κ3) is 2.93. The molecule has 1 aliphatic rings. The maximum Gasteiger partial charge on any atom is 0.125 e. The van der Waals surface area contributed by atoms with E-state index in [1.54, 1.807) is 0 Å². The van der Waals surface area contributed by atoms with Crippen LogP contribution in [-0.2, 0) is 12.8 Å². The molecule has 0 aliphatic carbocycles. The Morgan fingerprint density at radius 3 is 2.94 bits per heavy atom. The molecule has 0 spiro atoms. The van der Waals surface area contributed by atoms with Crippen LogP contribution in [0.3, 0.4) is 0 Å². The molecule has 3 heteroatoms. The zero-order chi connectivity index (χ0) is 12.5. The van der Waals surface area contributed by atoms with Crippen LogP contribution >= 0.6 is 11.6 Å². The number of hydrogen-bond donors (Lipinski definition) is 1. The summed E-state index contributed by atoms with van der Waals surface area (Å²) in [6.07, 6.45) is 3.88. The zero-order valence-corrected chi connectivity index (χ0v) is 11.3. The predicted octanol–water partition coefficient (Wildman–Crippen LogP) is 3.33. The molecular formula is C14H20ClNO. The first-order valence-electron chi connectivity index (χ1n) is 6.25. The van der Waals surface area contributed by atoms with E-state index >= 15 is 0 Å². The molecule has 0 saturated heterocycles. The minimum Gasteiger partial charge on any atom is -0.493 e. The van der Waals surface area contributed by atoms with E-state index in [2.05, 4.69) is 13.8 Å². The Morgan fingerprint density at radius 2 is 2.24 bits per heavy atom. The van der Waals surface area contributed by atoms with Gasteiger partial charge in [0.05, 0.1) is 6.61 Å². The van der Waals surface area contributed by atoms with Gasteiger partial charge >= 0.3 is 0 Å². The van der Waals surface area contributed by atoms with E-state index in [9.17, 15) is 0 Å². The molecule has 0 aromatic heterocycles. The standard InChI is InChI=1S/C14H20ClNO/c1-3-5-14(2,16)9-11-8-12(15)7-10-4-6-17-13(10)11/h7-8H,3-6,9,16H2,1-2H3. The maximum atomic E-state index is 6.30. The van der Waals surface area contributed by atoms with E-state index in [1.807, 2.05) is 12.1 Å². The first kappa shape index (κ1) is 12.7. The van der Waals surface area contributed by atoms with Crippen LogP contribution in [0.2, 0.25) is 5.02 Å². The molecular weight excluding hydrogens is 234 g/mol. The van der Waals surface area contributed by atoms with Crippen LogP contribution < -0.4 is 10.5 Å². The molecule has 2 rings (SSSR count). The summed E-state index contributed by atoms with van der Waals surface area (Å²) in [6.45, 7) is 5.01. The Hall–Kier alpha value is -0.730. The zero-order valence-electron chi connectivity index (χ0n) is 10.6. The van der Waals surface area contributed by atoms with Gasteiger partial charge in [-0.15, -0.1) is 0 Å². The van der Waals surface area contributed by atoms with Crippen LogP contribution in [0.15, 0.2) is 12.1 Å². The molecule has 0 amide bonds. The Bertz CT molecular complexity index is 415. The molecule has 1 aromatic rings. The lowest BCUT2D eigenvalue weighted by atomic mass is 9.88. The number of fused-ring (bicyclic) bond motifs is 1. The highest BCUT2D eigenvalue weighted by Crippen LogP contribution is 2.35. The van der Waals surface area contributed by atoms with Gasteiger partial charge in [-0.3, -0.25) is 0 Å². The first-order chi connectivity index (χ1) is 8.02. The normalized spacial score (nSPS) is 17.4. The van der Waals surface area contributed by atoms with Crippen molar-refractivity contribution in [3.63, 3.8) is 0 Å². The lowest BCUT2D eigenvalue weighted by Gasteiger charge is -2.25. The van der Waals surface area contributed by atoms with Crippen molar-refractivity contribution < 1.29 is 4.74 Å².